The van der Waals surface area contributed by atoms with E-state index in [1.54, 1.807) is 0 Å². The van der Waals surface area contributed by atoms with Crippen molar-refractivity contribution >= 4 is 41.3 Å². The smallest absolute Gasteiger partial charge is 0.0599 e. The maximum absolute atomic E-state index is 6.07. The summed E-state index contributed by atoms with van der Waals surface area (Å²) in [6.45, 7) is 5.86. The molecular weight excluding hydrogens is 291 g/mol. The Labute approximate surface area is 124 Å². The van der Waals surface area contributed by atoms with Crippen molar-refractivity contribution in [2.75, 3.05) is 13.1 Å². The van der Waals surface area contributed by atoms with Crippen molar-refractivity contribution in [1.29, 1.82) is 0 Å². The van der Waals surface area contributed by atoms with Gasteiger partial charge in [-0.2, -0.15) is 0 Å². The standard InChI is InChI=1S/C13H16Cl2N2.ClH/c1-8(2)17-7-13-10-6-12(15)11(14)5-9(10)3-4-16-13;/h5-6,8,17H,3-4,7H2,1-2H3;1H. The number of nitrogens with one attached hydrogen (secondary N) is 1. The van der Waals surface area contributed by atoms with Crippen LogP contribution in [0.15, 0.2) is 17.1 Å². The number of rotatable bonds is 3. The molecule has 0 fully saturated rings. The molecule has 1 aliphatic rings. The molecule has 0 spiro atoms. The summed E-state index contributed by atoms with van der Waals surface area (Å²) in [5, 5.41) is 4.61. The molecule has 1 N–H and O–H groups in total. The lowest BCUT2D eigenvalue weighted by Gasteiger charge is -2.19. The molecular formula is C13H17Cl3N2. The normalized spacial score (nSPS) is 13.9. The zero-order valence-electron chi connectivity index (χ0n) is 10.5. The van der Waals surface area contributed by atoms with Gasteiger partial charge in [0, 0.05) is 24.7 Å². The number of hydrogen-bond donors (Lipinski definition) is 1. The topological polar surface area (TPSA) is 24.4 Å². The number of aliphatic imine (C=N–C) groups is 1. The van der Waals surface area contributed by atoms with Gasteiger partial charge in [0.15, 0.2) is 0 Å². The third-order valence-corrected chi connectivity index (χ3v) is 3.54. The van der Waals surface area contributed by atoms with Gasteiger partial charge in [0.05, 0.1) is 15.8 Å². The van der Waals surface area contributed by atoms with Gasteiger partial charge in [-0.1, -0.05) is 37.0 Å². The predicted molar refractivity (Wildman–Crippen MR) is 82.0 cm³/mol. The molecule has 1 aromatic rings. The second-order valence-corrected chi connectivity index (χ2v) is 5.35. The first-order chi connectivity index (χ1) is 8.08. The SMILES string of the molecule is CC(C)NCC1=NCCc2cc(Cl)c(Cl)cc21.Cl. The third-order valence-electron chi connectivity index (χ3n) is 2.82. The van der Waals surface area contributed by atoms with Gasteiger partial charge in [0.1, 0.15) is 0 Å². The lowest BCUT2D eigenvalue weighted by atomic mass is 9.97. The van der Waals surface area contributed by atoms with E-state index >= 15 is 0 Å². The molecule has 0 unspecified atom stereocenters. The van der Waals surface area contributed by atoms with Gasteiger partial charge in [-0.3, -0.25) is 4.99 Å². The van der Waals surface area contributed by atoms with Gasteiger partial charge >= 0.3 is 0 Å². The molecule has 0 amide bonds. The van der Waals surface area contributed by atoms with Crippen molar-refractivity contribution in [3.8, 4) is 0 Å². The summed E-state index contributed by atoms with van der Waals surface area (Å²) in [6.07, 6.45) is 0.942. The minimum atomic E-state index is 0. The first-order valence-electron chi connectivity index (χ1n) is 5.83. The maximum atomic E-state index is 6.07. The fourth-order valence-corrected chi connectivity index (χ4v) is 2.26. The van der Waals surface area contributed by atoms with Crippen molar-refractivity contribution in [2.24, 2.45) is 4.99 Å². The Balaban J connectivity index is 0.00000162. The van der Waals surface area contributed by atoms with Crippen molar-refractivity contribution in [3.63, 3.8) is 0 Å². The molecule has 0 bridgehead atoms. The van der Waals surface area contributed by atoms with E-state index in [0.717, 1.165) is 30.8 Å². The molecule has 0 saturated heterocycles. The van der Waals surface area contributed by atoms with Crippen LogP contribution in [-0.2, 0) is 6.42 Å². The van der Waals surface area contributed by atoms with Crippen LogP contribution in [0.1, 0.15) is 25.0 Å². The Morgan fingerprint density at radius 3 is 2.61 bits per heavy atom. The summed E-state index contributed by atoms with van der Waals surface area (Å²) in [6, 6.07) is 4.34. The minimum absolute atomic E-state index is 0. The lowest BCUT2D eigenvalue weighted by molar-refractivity contribution is 0.641. The Morgan fingerprint density at radius 1 is 1.28 bits per heavy atom. The van der Waals surface area contributed by atoms with E-state index in [4.69, 9.17) is 23.2 Å². The first-order valence-corrected chi connectivity index (χ1v) is 6.58. The highest BCUT2D eigenvalue weighted by molar-refractivity contribution is 6.42. The summed E-state index contributed by atoms with van der Waals surface area (Å²) < 4.78 is 0. The van der Waals surface area contributed by atoms with E-state index in [2.05, 4.69) is 24.2 Å². The summed E-state index contributed by atoms with van der Waals surface area (Å²) >= 11 is 12.1. The summed E-state index contributed by atoms with van der Waals surface area (Å²) in [4.78, 5) is 4.57. The van der Waals surface area contributed by atoms with Gasteiger partial charge < -0.3 is 5.32 Å². The summed E-state index contributed by atoms with van der Waals surface area (Å²) in [5.74, 6) is 0. The van der Waals surface area contributed by atoms with E-state index in [1.807, 2.05) is 12.1 Å². The van der Waals surface area contributed by atoms with Crippen LogP contribution in [0.3, 0.4) is 0 Å². The Morgan fingerprint density at radius 2 is 1.94 bits per heavy atom. The van der Waals surface area contributed by atoms with Crippen molar-refractivity contribution in [2.45, 2.75) is 26.3 Å². The van der Waals surface area contributed by atoms with Gasteiger partial charge in [0.2, 0.25) is 0 Å². The van der Waals surface area contributed by atoms with Gasteiger partial charge in [-0.05, 0) is 24.1 Å². The number of fused-ring (bicyclic) bond motifs is 1. The number of hydrogen-bond acceptors (Lipinski definition) is 2. The molecule has 0 aromatic heterocycles. The largest absolute Gasteiger partial charge is 0.309 e. The van der Waals surface area contributed by atoms with Crippen LogP contribution >= 0.6 is 35.6 Å². The molecule has 1 aromatic carbocycles. The Bertz CT molecular complexity index is 456. The highest BCUT2D eigenvalue weighted by Crippen LogP contribution is 2.28. The van der Waals surface area contributed by atoms with Gasteiger partial charge in [0.25, 0.3) is 0 Å². The second-order valence-electron chi connectivity index (χ2n) is 4.54. The zero-order chi connectivity index (χ0) is 12.4. The Kier molecular flexibility index (Phi) is 5.93. The minimum Gasteiger partial charge on any atom is -0.309 e. The molecule has 0 aliphatic carbocycles. The molecule has 1 heterocycles. The lowest BCUT2D eigenvalue weighted by Crippen LogP contribution is -2.31. The predicted octanol–water partition coefficient (Wildman–Crippen LogP) is 3.76. The van der Waals surface area contributed by atoms with Crippen LogP contribution in [0.4, 0.5) is 0 Å². The number of halogens is 3. The monoisotopic (exact) mass is 306 g/mol. The van der Waals surface area contributed by atoms with Crippen molar-refractivity contribution in [3.05, 3.63) is 33.3 Å². The molecule has 0 radical (unpaired) electrons. The molecule has 0 atom stereocenters. The molecule has 0 saturated carbocycles. The van der Waals surface area contributed by atoms with E-state index in [9.17, 15) is 0 Å². The van der Waals surface area contributed by atoms with Crippen molar-refractivity contribution in [1.82, 2.24) is 5.32 Å². The highest BCUT2D eigenvalue weighted by Gasteiger charge is 2.16. The van der Waals surface area contributed by atoms with E-state index in [-0.39, 0.29) is 12.4 Å². The fraction of sp³-hybridized carbons (Fsp3) is 0.462. The third kappa shape index (κ3) is 3.61. The van der Waals surface area contributed by atoms with Crippen LogP contribution in [0.25, 0.3) is 0 Å². The zero-order valence-corrected chi connectivity index (χ0v) is 12.8. The average molecular weight is 308 g/mol. The molecule has 1 aliphatic heterocycles. The second kappa shape index (κ2) is 6.76. The maximum Gasteiger partial charge on any atom is 0.0599 e. The van der Waals surface area contributed by atoms with Crippen LogP contribution in [0, 0.1) is 0 Å². The molecule has 5 heteroatoms. The van der Waals surface area contributed by atoms with E-state index < -0.39 is 0 Å². The molecule has 18 heavy (non-hydrogen) atoms. The quantitative estimate of drug-likeness (QED) is 0.903. The Hall–Kier alpha value is -0.280. The van der Waals surface area contributed by atoms with Crippen LogP contribution in [-0.4, -0.2) is 24.8 Å². The molecule has 2 nitrogen and oxygen atoms in total. The summed E-state index contributed by atoms with van der Waals surface area (Å²) in [5.41, 5.74) is 3.47. The number of benzene rings is 1. The molecule has 100 valence electrons. The van der Waals surface area contributed by atoms with Crippen molar-refractivity contribution < 1.29 is 0 Å². The highest BCUT2D eigenvalue weighted by atomic mass is 35.5. The van der Waals surface area contributed by atoms with Crippen LogP contribution < -0.4 is 5.32 Å². The average Bonchev–Trinajstić information content (AvgIpc) is 2.28. The summed E-state index contributed by atoms with van der Waals surface area (Å²) in [7, 11) is 0. The van der Waals surface area contributed by atoms with Gasteiger partial charge in [-0.15, -0.1) is 12.4 Å². The number of nitrogens with zero attached hydrogens (tertiary/aromatic N) is 1. The van der Waals surface area contributed by atoms with E-state index in [1.165, 1.54) is 5.56 Å². The molecule has 2 rings (SSSR count). The fourth-order valence-electron chi connectivity index (χ4n) is 1.91. The van der Waals surface area contributed by atoms with E-state index in [0.29, 0.717) is 16.1 Å². The van der Waals surface area contributed by atoms with Crippen LogP contribution in [0.5, 0.6) is 0 Å². The first kappa shape index (κ1) is 15.8. The van der Waals surface area contributed by atoms with Gasteiger partial charge in [-0.25, -0.2) is 0 Å². The van der Waals surface area contributed by atoms with Crippen LogP contribution in [0.2, 0.25) is 10.0 Å².